The Kier molecular flexibility index (Phi) is 3.82. The van der Waals surface area contributed by atoms with E-state index in [1.165, 1.54) is 13.2 Å². The van der Waals surface area contributed by atoms with Crippen LogP contribution in [0.15, 0.2) is 18.5 Å². The summed E-state index contributed by atoms with van der Waals surface area (Å²) in [6.45, 7) is 1.51. The molecule has 0 radical (unpaired) electrons. The standard InChI is InChI=1S/C10H13N3O3/c1-7-3-8(5-11-4-7)12-10(16)13(2)6-9(14)15/h3-5H,6H2,1-2H3,(H,12,16)(H,14,15). The zero-order valence-corrected chi connectivity index (χ0v) is 9.10. The van der Waals surface area contributed by atoms with Crippen molar-refractivity contribution in [2.75, 3.05) is 18.9 Å². The number of rotatable bonds is 3. The van der Waals surface area contributed by atoms with Gasteiger partial charge in [0.1, 0.15) is 6.54 Å². The molecule has 0 bridgehead atoms. The Balaban J connectivity index is 2.60. The number of amides is 2. The Morgan fingerprint density at radius 1 is 1.50 bits per heavy atom. The largest absolute Gasteiger partial charge is 0.480 e. The van der Waals surface area contributed by atoms with Crippen molar-refractivity contribution in [1.82, 2.24) is 9.88 Å². The first kappa shape index (κ1) is 12.0. The molecule has 0 atom stereocenters. The Hall–Kier alpha value is -2.11. The molecule has 1 aromatic heterocycles. The lowest BCUT2D eigenvalue weighted by molar-refractivity contribution is -0.137. The number of nitrogens with one attached hydrogen (secondary N) is 1. The Morgan fingerprint density at radius 2 is 2.19 bits per heavy atom. The van der Waals surface area contributed by atoms with E-state index in [4.69, 9.17) is 5.11 Å². The zero-order chi connectivity index (χ0) is 12.1. The molecule has 0 aromatic carbocycles. The zero-order valence-electron chi connectivity index (χ0n) is 9.10. The molecule has 0 aliphatic carbocycles. The van der Waals surface area contributed by atoms with Crippen LogP contribution in [0.25, 0.3) is 0 Å². The highest BCUT2D eigenvalue weighted by atomic mass is 16.4. The second-order valence-corrected chi connectivity index (χ2v) is 3.43. The second kappa shape index (κ2) is 5.11. The van der Waals surface area contributed by atoms with Crippen LogP contribution in [-0.2, 0) is 4.79 Å². The molecule has 0 fully saturated rings. The summed E-state index contributed by atoms with van der Waals surface area (Å²) in [5.74, 6) is -1.06. The van der Waals surface area contributed by atoms with Crippen LogP contribution in [0.3, 0.4) is 0 Å². The van der Waals surface area contributed by atoms with Gasteiger partial charge in [0, 0.05) is 13.2 Å². The predicted octanol–water partition coefficient (Wildman–Crippen LogP) is 0.938. The van der Waals surface area contributed by atoms with Gasteiger partial charge < -0.3 is 15.3 Å². The van der Waals surface area contributed by atoms with E-state index in [9.17, 15) is 9.59 Å². The number of aromatic nitrogens is 1. The van der Waals surface area contributed by atoms with Crippen LogP contribution in [0.1, 0.15) is 5.56 Å². The van der Waals surface area contributed by atoms with Gasteiger partial charge in [0.15, 0.2) is 0 Å². The first-order chi connectivity index (χ1) is 7.49. The lowest BCUT2D eigenvalue weighted by atomic mass is 10.3. The van der Waals surface area contributed by atoms with E-state index in [1.54, 1.807) is 12.3 Å². The highest BCUT2D eigenvalue weighted by Crippen LogP contribution is 2.07. The number of carboxylic acid groups (broad SMARTS) is 1. The van der Waals surface area contributed by atoms with Gasteiger partial charge in [0.2, 0.25) is 0 Å². The fourth-order valence-corrected chi connectivity index (χ4v) is 1.12. The van der Waals surface area contributed by atoms with Gasteiger partial charge in [0.25, 0.3) is 0 Å². The smallest absolute Gasteiger partial charge is 0.323 e. The lowest BCUT2D eigenvalue weighted by Gasteiger charge is -2.15. The topological polar surface area (TPSA) is 82.5 Å². The van der Waals surface area contributed by atoms with Crippen LogP contribution in [0.2, 0.25) is 0 Å². The van der Waals surface area contributed by atoms with Crippen LogP contribution in [0, 0.1) is 6.92 Å². The molecule has 0 saturated heterocycles. The van der Waals surface area contributed by atoms with E-state index in [0.29, 0.717) is 5.69 Å². The number of hydrogen-bond donors (Lipinski definition) is 2. The molecule has 1 aromatic rings. The van der Waals surface area contributed by atoms with Gasteiger partial charge in [-0.3, -0.25) is 9.78 Å². The van der Waals surface area contributed by atoms with Gasteiger partial charge in [-0.15, -0.1) is 0 Å². The second-order valence-electron chi connectivity index (χ2n) is 3.43. The molecule has 6 nitrogen and oxygen atoms in total. The van der Waals surface area contributed by atoms with E-state index in [2.05, 4.69) is 10.3 Å². The summed E-state index contributed by atoms with van der Waals surface area (Å²) in [6, 6.07) is 1.27. The summed E-state index contributed by atoms with van der Waals surface area (Å²) in [5, 5.41) is 11.1. The lowest BCUT2D eigenvalue weighted by Crippen LogP contribution is -2.35. The molecule has 16 heavy (non-hydrogen) atoms. The third kappa shape index (κ3) is 3.56. The third-order valence-corrected chi connectivity index (χ3v) is 1.85. The molecule has 0 saturated carbocycles. The highest BCUT2D eigenvalue weighted by molar-refractivity contribution is 5.90. The summed E-state index contributed by atoms with van der Waals surface area (Å²) in [5.41, 5.74) is 1.46. The number of hydrogen-bond acceptors (Lipinski definition) is 3. The number of aryl methyl sites for hydroxylation is 1. The maximum absolute atomic E-state index is 11.5. The first-order valence-electron chi connectivity index (χ1n) is 4.64. The van der Waals surface area contributed by atoms with Crippen molar-refractivity contribution >= 4 is 17.7 Å². The number of aliphatic carboxylic acids is 1. The molecule has 86 valence electrons. The molecular weight excluding hydrogens is 210 g/mol. The van der Waals surface area contributed by atoms with Gasteiger partial charge in [-0.1, -0.05) is 0 Å². The van der Waals surface area contributed by atoms with E-state index < -0.39 is 12.0 Å². The molecule has 0 aliphatic heterocycles. The van der Waals surface area contributed by atoms with E-state index in [0.717, 1.165) is 10.5 Å². The number of urea groups is 1. The number of carbonyl (C=O) groups is 2. The highest BCUT2D eigenvalue weighted by Gasteiger charge is 2.11. The Morgan fingerprint density at radius 3 is 2.75 bits per heavy atom. The first-order valence-corrected chi connectivity index (χ1v) is 4.64. The number of carboxylic acids is 1. The molecule has 6 heteroatoms. The van der Waals surface area contributed by atoms with Crippen LogP contribution >= 0.6 is 0 Å². The monoisotopic (exact) mass is 223 g/mol. The summed E-state index contributed by atoms with van der Waals surface area (Å²) in [7, 11) is 1.41. The minimum atomic E-state index is -1.06. The normalized spacial score (nSPS) is 9.62. The average molecular weight is 223 g/mol. The minimum absolute atomic E-state index is 0.342. The molecule has 2 amide bonds. The van der Waals surface area contributed by atoms with Gasteiger partial charge in [0.05, 0.1) is 11.9 Å². The number of pyridine rings is 1. The minimum Gasteiger partial charge on any atom is -0.480 e. The fraction of sp³-hybridized carbons (Fsp3) is 0.300. The predicted molar refractivity (Wildman–Crippen MR) is 58.3 cm³/mol. The molecular formula is C10H13N3O3. The molecule has 0 unspecified atom stereocenters. The Labute approximate surface area is 92.9 Å². The summed E-state index contributed by atoms with van der Waals surface area (Å²) in [4.78, 5) is 26.9. The van der Waals surface area contributed by atoms with Crippen molar-refractivity contribution in [1.29, 1.82) is 0 Å². The van der Waals surface area contributed by atoms with Gasteiger partial charge >= 0.3 is 12.0 Å². The average Bonchev–Trinajstić information content (AvgIpc) is 2.16. The summed E-state index contributed by atoms with van der Waals surface area (Å²) < 4.78 is 0. The molecule has 0 aliphatic rings. The van der Waals surface area contributed by atoms with Crippen LogP contribution in [0.5, 0.6) is 0 Å². The maximum Gasteiger partial charge on any atom is 0.323 e. The quantitative estimate of drug-likeness (QED) is 0.798. The van der Waals surface area contributed by atoms with E-state index in [-0.39, 0.29) is 6.54 Å². The maximum atomic E-state index is 11.5. The van der Waals surface area contributed by atoms with Crippen LogP contribution < -0.4 is 5.32 Å². The number of anilines is 1. The van der Waals surface area contributed by atoms with Crippen molar-refractivity contribution in [3.63, 3.8) is 0 Å². The number of likely N-dealkylation sites (N-methyl/N-ethyl adjacent to an activating group) is 1. The third-order valence-electron chi connectivity index (χ3n) is 1.85. The summed E-state index contributed by atoms with van der Waals surface area (Å²) in [6.07, 6.45) is 3.16. The summed E-state index contributed by atoms with van der Waals surface area (Å²) >= 11 is 0. The van der Waals surface area contributed by atoms with Crippen LogP contribution in [0.4, 0.5) is 10.5 Å². The molecule has 2 N–H and O–H groups in total. The van der Waals surface area contributed by atoms with Gasteiger partial charge in [-0.2, -0.15) is 0 Å². The SMILES string of the molecule is Cc1cncc(NC(=O)N(C)CC(=O)O)c1. The molecule has 0 spiro atoms. The van der Waals surface area contributed by atoms with Gasteiger partial charge in [-0.05, 0) is 18.6 Å². The van der Waals surface area contributed by atoms with Crippen molar-refractivity contribution in [2.24, 2.45) is 0 Å². The molecule has 1 heterocycles. The fourth-order valence-electron chi connectivity index (χ4n) is 1.12. The van der Waals surface area contributed by atoms with Crippen molar-refractivity contribution < 1.29 is 14.7 Å². The van der Waals surface area contributed by atoms with E-state index in [1.807, 2.05) is 6.92 Å². The van der Waals surface area contributed by atoms with E-state index >= 15 is 0 Å². The Bertz CT molecular complexity index is 406. The van der Waals surface area contributed by atoms with Crippen molar-refractivity contribution in [2.45, 2.75) is 6.92 Å². The number of carbonyl (C=O) groups excluding carboxylic acids is 1. The van der Waals surface area contributed by atoms with Crippen molar-refractivity contribution in [3.05, 3.63) is 24.0 Å². The van der Waals surface area contributed by atoms with Crippen molar-refractivity contribution in [3.8, 4) is 0 Å². The van der Waals surface area contributed by atoms with Crippen LogP contribution in [-0.4, -0.2) is 40.6 Å². The van der Waals surface area contributed by atoms with Gasteiger partial charge in [-0.25, -0.2) is 4.79 Å². The molecule has 1 rings (SSSR count). The number of nitrogens with zero attached hydrogens (tertiary/aromatic N) is 2.